The standard InChI is InChI=1S/C13H16N2/c1-9-13(12-7-4-8-14-12)10-5-2-3-6-11(10)15-9/h2-3,5-6,12,14-15H,4,7-8H2,1H3/t12-/m0/s1. The molecule has 2 N–H and O–H groups in total. The molecule has 2 nitrogen and oxygen atoms in total. The van der Waals surface area contributed by atoms with Crippen LogP contribution in [0.3, 0.4) is 0 Å². The second-order valence-electron chi connectivity index (χ2n) is 4.36. The molecular formula is C13H16N2. The summed E-state index contributed by atoms with van der Waals surface area (Å²) in [4.78, 5) is 3.46. The van der Waals surface area contributed by atoms with Crippen LogP contribution in [0.2, 0.25) is 0 Å². The smallest absolute Gasteiger partial charge is 0.0459 e. The quantitative estimate of drug-likeness (QED) is 0.727. The monoisotopic (exact) mass is 200 g/mol. The summed E-state index contributed by atoms with van der Waals surface area (Å²) in [6, 6.07) is 9.13. The summed E-state index contributed by atoms with van der Waals surface area (Å²) in [5, 5.41) is 4.96. The SMILES string of the molecule is Cc1[nH]c2ccccc2c1[C@@H]1CCCN1. The molecule has 1 atom stereocenters. The van der Waals surface area contributed by atoms with Crippen molar-refractivity contribution in [1.82, 2.24) is 10.3 Å². The molecule has 2 heteroatoms. The van der Waals surface area contributed by atoms with E-state index in [1.807, 2.05) is 0 Å². The lowest BCUT2D eigenvalue weighted by Gasteiger charge is -2.10. The number of fused-ring (bicyclic) bond motifs is 1. The van der Waals surface area contributed by atoms with E-state index in [2.05, 4.69) is 41.5 Å². The predicted octanol–water partition coefficient (Wildman–Crippen LogP) is 2.90. The van der Waals surface area contributed by atoms with E-state index in [0.29, 0.717) is 6.04 Å². The van der Waals surface area contributed by atoms with E-state index >= 15 is 0 Å². The van der Waals surface area contributed by atoms with Gasteiger partial charge < -0.3 is 10.3 Å². The van der Waals surface area contributed by atoms with E-state index in [4.69, 9.17) is 0 Å². The third-order valence-electron chi connectivity index (χ3n) is 3.35. The van der Waals surface area contributed by atoms with Gasteiger partial charge in [-0.05, 0) is 37.9 Å². The Morgan fingerprint density at radius 2 is 2.13 bits per heavy atom. The van der Waals surface area contributed by atoms with Crippen molar-refractivity contribution in [3.05, 3.63) is 35.5 Å². The average molecular weight is 200 g/mol. The molecule has 0 amide bonds. The molecule has 0 aliphatic carbocycles. The number of nitrogens with one attached hydrogen (secondary N) is 2. The number of hydrogen-bond donors (Lipinski definition) is 2. The fourth-order valence-corrected chi connectivity index (χ4v) is 2.68. The van der Waals surface area contributed by atoms with Gasteiger partial charge in [0.2, 0.25) is 0 Å². The molecule has 0 radical (unpaired) electrons. The van der Waals surface area contributed by atoms with Crippen LogP contribution in [-0.4, -0.2) is 11.5 Å². The van der Waals surface area contributed by atoms with E-state index in [1.165, 1.54) is 35.0 Å². The van der Waals surface area contributed by atoms with Crippen LogP contribution < -0.4 is 5.32 Å². The van der Waals surface area contributed by atoms with Gasteiger partial charge in [-0.3, -0.25) is 0 Å². The molecule has 78 valence electrons. The number of benzene rings is 1. The Bertz CT molecular complexity index is 478. The van der Waals surface area contributed by atoms with Crippen molar-refractivity contribution in [2.75, 3.05) is 6.54 Å². The molecule has 1 aliphatic rings. The topological polar surface area (TPSA) is 27.8 Å². The molecular weight excluding hydrogens is 184 g/mol. The Labute approximate surface area is 89.7 Å². The number of aromatic amines is 1. The Balaban J connectivity index is 2.19. The normalized spacial score (nSPS) is 21.3. The minimum atomic E-state index is 0.557. The summed E-state index contributed by atoms with van der Waals surface area (Å²) in [5.41, 5.74) is 4.05. The summed E-state index contributed by atoms with van der Waals surface area (Å²) in [6.45, 7) is 3.33. The van der Waals surface area contributed by atoms with Gasteiger partial charge in [-0.25, -0.2) is 0 Å². The Hall–Kier alpha value is -1.28. The number of aryl methyl sites for hydroxylation is 1. The average Bonchev–Trinajstić information content (AvgIpc) is 2.82. The molecule has 0 bridgehead atoms. The van der Waals surface area contributed by atoms with Crippen LogP contribution in [0.15, 0.2) is 24.3 Å². The second kappa shape index (κ2) is 3.38. The van der Waals surface area contributed by atoms with Gasteiger partial charge in [0.15, 0.2) is 0 Å². The number of H-pyrrole nitrogens is 1. The van der Waals surface area contributed by atoms with Gasteiger partial charge in [0, 0.05) is 22.6 Å². The van der Waals surface area contributed by atoms with Crippen molar-refractivity contribution >= 4 is 10.9 Å². The summed E-state index contributed by atoms with van der Waals surface area (Å²) in [5.74, 6) is 0. The van der Waals surface area contributed by atoms with E-state index in [9.17, 15) is 0 Å². The fraction of sp³-hybridized carbons (Fsp3) is 0.385. The lowest BCUT2D eigenvalue weighted by Crippen LogP contribution is -2.13. The highest BCUT2D eigenvalue weighted by atomic mass is 14.9. The van der Waals surface area contributed by atoms with Crippen molar-refractivity contribution in [2.24, 2.45) is 0 Å². The summed E-state index contributed by atoms with van der Waals surface area (Å²) < 4.78 is 0. The molecule has 1 fully saturated rings. The van der Waals surface area contributed by atoms with Gasteiger partial charge in [0.05, 0.1) is 0 Å². The predicted molar refractivity (Wildman–Crippen MR) is 63.0 cm³/mol. The van der Waals surface area contributed by atoms with Crippen molar-refractivity contribution < 1.29 is 0 Å². The number of aromatic nitrogens is 1. The van der Waals surface area contributed by atoms with Crippen LogP contribution in [0, 0.1) is 6.92 Å². The summed E-state index contributed by atoms with van der Waals surface area (Å²) in [6.07, 6.45) is 2.56. The molecule has 15 heavy (non-hydrogen) atoms. The fourth-order valence-electron chi connectivity index (χ4n) is 2.68. The van der Waals surface area contributed by atoms with Crippen LogP contribution in [-0.2, 0) is 0 Å². The highest BCUT2D eigenvalue weighted by Gasteiger charge is 2.21. The van der Waals surface area contributed by atoms with Gasteiger partial charge in [0.1, 0.15) is 0 Å². The molecule has 0 unspecified atom stereocenters. The van der Waals surface area contributed by atoms with Crippen LogP contribution in [0.5, 0.6) is 0 Å². The van der Waals surface area contributed by atoms with Gasteiger partial charge >= 0.3 is 0 Å². The first kappa shape index (κ1) is 8.98. The van der Waals surface area contributed by atoms with E-state index in [-0.39, 0.29) is 0 Å². The van der Waals surface area contributed by atoms with Crippen LogP contribution >= 0.6 is 0 Å². The highest BCUT2D eigenvalue weighted by molar-refractivity contribution is 5.85. The third-order valence-corrected chi connectivity index (χ3v) is 3.35. The minimum absolute atomic E-state index is 0.557. The number of rotatable bonds is 1. The molecule has 3 rings (SSSR count). The van der Waals surface area contributed by atoms with Gasteiger partial charge in [0.25, 0.3) is 0 Å². The maximum absolute atomic E-state index is 3.57. The molecule has 1 aromatic heterocycles. The zero-order chi connectivity index (χ0) is 10.3. The summed E-state index contributed by atoms with van der Waals surface area (Å²) in [7, 11) is 0. The van der Waals surface area contributed by atoms with Gasteiger partial charge in [-0.2, -0.15) is 0 Å². The Morgan fingerprint density at radius 3 is 2.93 bits per heavy atom. The van der Waals surface area contributed by atoms with E-state index in [1.54, 1.807) is 0 Å². The molecule has 0 spiro atoms. The maximum atomic E-state index is 3.57. The van der Waals surface area contributed by atoms with Crippen molar-refractivity contribution in [1.29, 1.82) is 0 Å². The third kappa shape index (κ3) is 1.37. The zero-order valence-electron chi connectivity index (χ0n) is 9.01. The van der Waals surface area contributed by atoms with Crippen LogP contribution in [0.1, 0.15) is 30.1 Å². The minimum Gasteiger partial charge on any atom is -0.358 e. The summed E-state index contributed by atoms with van der Waals surface area (Å²) >= 11 is 0. The van der Waals surface area contributed by atoms with Gasteiger partial charge in [-0.1, -0.05) is 18.2 Å². The lowest BCUT2D eigenvalue weighted by atomic mass is 10.0. The molecule has 2 aromatic rings. The second-order valence-corrected chi connectivity index (χ2v) is 4.36. The molecule has 1 aromatic carbocycles. The zero-order valence-corrected chi connectivity index (χ0v) is 9.01. The Kier molecular flexibility index (Phi) is 2.03. The molecule has 0 saturated carbocycles. The first-order chi connectivity index (χ1) is 7.36. The van der Waals surface area contributed by atoms with Crippen LogP contribution in [0.4, 0.5) is 0 Å². The molecule has 2 heterocycles. The number of para-hydroxylation sites is 1. The van der Waals surface area contributed by atoms with Crippen molar-refractivity contribution in [2.45, 2.75) is 25.8 Å². The van der Waals surface area contributed by atoms with Crippen LogP contribution in [0.25, 0.3) is 10.9 Å². The van der Waals surface area contributed by atoms with Crippen molar-refractivity contribution in [3.8, 4) is 0 Å². The highest BCUT2D eigenvalue weighted by Crippen LogP contribution is 2.32. The number of hydrogen-bond acceptors (Lipinski definition) is 1. The van der Waals surface area contributed by atoms with Gasteiger partial charge in [-0.15, -0.1) is 0 Å². The largest absolute Gasteiger partial charge is 0.358 e. The lowest BCUT2D eigenvalue weighted by molar-refractivity contribution is 0.648. The maximum Gasteiger partial charge on any atom is 0.0459 e. The molecule has 1 saturated heterocycles. The van der Waals surface area contributed by atoms with Crippen molar-refractivity contribution in [3.63, 3.8) is 0 Å². The first-order valence-corrected chi connectivity index (χ1v) is 5.67. The Morgan fingerprint density at radius 1 is 1.27 bits per heavy atom. The molecule has 1 aliphatic heterocycles. The van der Waals surface area contributed by atoms with E-state index < -0.39 is 0 Å². The van der Waals surface area contributed by atoms with E-state index in [0.717, 1.165) is 6.54 Å². The first-order valence-electron chi connectivity index (χ1n) is 5.67.